The number of carbonyl (C=O) groups excluding carboxylic acids is 1. The predicted molar refractivity (Wildman–Crippen MR) is 96.1 cm³/mol. The maximum absolute atomic E-state index is 12.5. The molecule has 0 spiro atoms. The Hall–Kier alpha value is -3.08. The van der Waals surface area contributed by atoms with Crippen molar-refractivity contribution in [1.82, 2.24) is 4.90 Å². The van der Waals surface area contributed by atoms with Crippen molar-refractivity contribution < 1.29 is 13.9 Å². The van der Waals surface area contributed by atoms with Crippen LogP contribution < -0.4 is 10.2 Å². The molecule has 0 bridgehead atoms. The van der Waals surface area contributed by atoms with Crippen molar-refractivity contribution >= 4 is 16.9 Å². The van der Waals surface area contributed by atoms with Gasteiger partial charge in [0.15, 0.2) is 11.2 Å². The van der Waals surface area contributed by atoms with Gasteiger partial charge < -0.3 is 14.1 Å². The summed E-state index contributed by atoms with van der Waals surface area (Å²) in [4.78, 5) is 26.1. The van der Waals surface area contributed by atoms with Crippen LogP contribution in [0.1, 0.15) is 16.1 Å². The van der Waals surface area contributed by atoms with Gasteiger partial charge >= 0.3 is 0 Å². The van der Waals surface area contributed by atoms with Crippen LogP contribution in [-0.2, 0) is 0 Å². The third kappa shape index (κ3) is 3.88. The molecule has 0 atom stereocenters. The summed E-state index contributed by atoms with van der Waals surface area (Å²) in [7, 11) is 1.65. The monoisotopic (exact) mass is 337 g/mol. The normalized spacial score (nSPS) is 10.6. The highest BCUT2D eigenvalue weighted by atomic mass is 16.5. The van der Waals surface area contributed by atoms with Crippen LogP contribution in [0.4, 0.5) is 0 Å². The zero-order chi connectivity index (χ0) is 17.8. The molecule has 0 aliphatic rings. The molecule has 0 saturated heterocycles. The SMILES string of the molecule is Cc1cccc(OCCN(C)C(=O)c2cc(=O)c3ccccc3o2)c1. The lowest BCUT2D eigenvalue weighted by molar-refractivity contribution is 0.0743. The maximum Gasteiger partial charge on any atom is 0.289 e. The lowest BCUT2D eigenvalue weighted by atomic mass is 10.2. The van der Waals surface area contributed by atoms with E-state index in [1.807, 2.05) is 31.2 Å². The van der Waals surface area contributed by atoms with Crippen LogP contribution in [0.25, 0.3) is 11.0 Å². The molecule has 25 heavy (non-hydrogen) atoms. The van der Waals surface area contributed by atoms with Gasteiger partial charge in [-0.25, -0.2) is 0 Å². The summed E-state index contributed by atoms with van der Waals surface area (Å²) in [6.45, 7) is 2.72. The van der Waals surface area contributed by atoms with E-state index in [0.29, 0.717) is 24.1 Å². The molecule has 0 N–H and O–H groups in total. The number of amides is 1. The van der Waals surface area contributed by atoms with Crippen molar-refractivity contribution in [2.24, 2.45) is 0 Å². The highest BCUT2D eigenvalue weighted by Gasteiger charge is 2.16. The van der Waals surface area contributed by atoms with Gasteiger partial charge in [-0.1, -0.05) is 24.3 Å². The molecule has 3 aromatic rings. The molecule has 0 saturated carbocycles. The summed E-state index contributed by atoms with van der Waals surface area (Å²) in [5.74, 6) is 0.440. The van der Waals surface area contributed by atoms with Gasteiger partial charge in [0.1, 0.15) is 17.9 Å². The largest absolute Gasteiger partial charge is 0.492 e. The highest BCUT2D eigenvalue weighted by molar-refractivity contribution is 5.93. The molecular weight excluding hydrogens is 318 g/mol. The molecule has 0 radical (unpaired) electrons. The molecule has 1 heterocycles. The summed E-state index contributed by atoms with van der Waals surface area (Å²) < 4.78 is 11.2. The molecule has 1 amide bonds. The van der Waals surface area contributed by atoms with E-state index in [4.69, 9.17) is 9.15 Å². The lowest BCUT2D eigenvalue weighted by Gasteiger charge is -2.17. The molecule has 3 rings (SSSR count). The van der Waals surface area contributed by atoms with Crippen LogP contribution in [0.5, 0.6) is 5.75 Å². The van der Waals surface area contributed by atoms with E-state index in [1.165, 1.54) is 11.0 Å². The second kappa shape index (κ2) is 7.21. The molecule has 128 valence electrons. The van der Waals surface area contributed by atoms with E-state index in [1.54, 1.807) is 31.3 Å². The van der Waals surface area contributed by atoms with E-state index in [9.17, 15) is 9.59 Å². The van der Waals surface area contributed by atoms with Crippen LogP contribution in [-0.4, -0.2) is 31.0 Å². The number of likely N-dealkylation sites (N-methyl/N-ethyl adjacent to an activating group) is 1. The molecule has 0 fully saturated rings. The van der Waals surface area contributed by atoms with E-state index < -0.39 is 0 Å². The Labute approximate surface area is 145 Å². The van der Waals surface area contributed by atoms with Gasteiger partial charge in [0.2, 0.25) is 0 Å². The van der Waals surface area contributed by atoms with Gasteiger partial charge in [-0.05, 0) is 36.8 Å². The number of hydrogen-bond acceptors (Lipinski definition) is 4. The summed E-state index contributed by atoms with van der Waals surface area (Å²) in [6, 6.07) is 15.8. The van der Waals surface area contributed by atoms with Crippen LogP contribution in [0, 0.1) is 6.92 Å². The Morgan fingerprint density at radius 1 is 1.12 bits per heavy atom. The Kier molecular flexibility index (Phi) is 4.84. The molecule has 5 heteroatoms. The van der Waals surface area contributed by atoms with Gasteiger partial charge in [0.25, 0.3) is 5.91 Å². The van der Waals surface area contributed by atoms with Gasteiger partial charge in [0.05, 0.1) is 11.9 Å². The number of carbonyl (C=O) groups is 1. The fourth-order valence-electron chi connectivity index (χ4n) is 2.50. The van der Waals surface area contributed by atoms with E-state index in [2.05, 4.69) is 0 Å². The topological polar surface area (TPSA) is 59.8 Å². The second-order valence-corrected chi connectivity index (χ2v) is 5.86. The minimum Gasteiger partial charge on any atom is -0.492 e. The smallest absolute Gasteiger partial charge is 0.289 e. The van der Waals surface area contributed by atoms with Crippen molar-refractivity contribution in [2.45, 2.75) is 6.92 Å². The van der Waals surface area contributed by atoms with Crippen LogP contribution in [0.2, 0.25) is 0 Å². The Morgan fingerprint density at radius 3 is 2.72 bits per heavy atom. The average molecular weight is 337 g/mol. The zero-order valence-corrected chi connectivity index (χ0v) is 14.2. The average Bonchev–Trinajstić information content (AvgIpc) is 2.61. The number of benzene rings is 2. The van der Waals surface area contributed by atoms with Crippen molar-refractivity contribution in [3.63, 3.8) is 0 Å². The number of fused-ring (bicyclic) bond motifs is 1. The van der Waals surface area contributed by atoms with Crippen molar-refractivity contribution in [3.8, 4) is 5.75 Å². The van der Waals surface area contributed by atoms with Crippen molar-refractivity contribution in [1.29, 1.82) is 0 Å². The molecule has 1 aromatic heterocycles. The Balaban J connectivity index is 1.67. The number of ether oxygens (including phenoxy) is 1. The fourth-order valence-corrected chi connectivity index (χ4v) is 2.50. The molecule has 0 unspecified atom stereocenters. The Morgan fingerprint density at radius 2 is 1.92 bits per heavy atom. The first-order valence-corrected chi connectivity index (χ1v) is 8.02. The third-order valence-corrected chi connectivity index (χ3v) is 3.88. The summed E-state index contributed by atoms with van der Waals surface area (Å²) in [5, 5.41) is 0.462. The summed E-state index contributed by atoms with van der Waals surface area (Å²) in [6.07, 6.45) is 0. The van der Waals surface area contributed by atoms with Crippen molar-refractivity contribution in [2.75, 3.05) is 20.2 Å². The number of hydrogen-bond donors (Lipinski definition) is 0. The predicted octanol–water partition coefficient (Wildman–Crippen LogP) is 3.25. The molecule has 0 aliphatic heterocycles. The quantitative estimate of drug-likeness (QED) is 0.717. The number of aryl methyl sites for hydroxylation is 1. The lowest BCUT2D eigenvalue weighted by Crippen LogP contribution is -2.31. The van der Waals surface area contributed by atoms with E-state index in [0.717, 1.165) is 11.3 Å². The standard InChI is InChI=1S/C20H19NO4/c1-14-6-5-7-15(12-14)24-11-10-21(2)20(23)19-13-17(22)16-8-3-4-9-18(16)25-19/h3-9,12-13H,10-11H2,1-2H3. The first-order valence-electron chi connectivity index (χ1n) is 8.02. The number of para-hydroxylation sites is 1. The Bertz CT molecular complexity index is 961. The maximum atomic E-state index is 12.5. The van der Waals surface area contributed by atoms with Crippen molar-refractivity contribution in [3.05, 3.63) is 76.1 Å². The van der Waals surface area contributed by atoms with Gasteiger partial charge in [0, 0.05) is 13.1 Å². The van der Waals surface area contributed by atoms with Crippen LogP contribution >= 0.6 is 0 Å². The van der Waals surface area contributed by atoms with Gasteiger partial charge in [-0.2, -0.15) is 0 Å². The van der Waals surface area contributed by atoms with Gasteiger partial charge in [-0.3, -0.25) is 9.59 Å². The number of nitrogens with zero attached hydrogens (tertiary/aromatic N) is 1. The summed E-state index contributed by atoms with van der Waals surface area (Å²) in [5.41, 5.74) is 1.29. The van der Waals surface area contributed by atoms with Crippen LogP contribution in [0.3, 0.4) is 0 Å². The van der Waals surface area contributed by atoms with Gasteiger partial charge in [-0.15, -0.1) is 0 Å². The highest BCUT2D eigenvalue weighted by Crippen LogP contribution is 2.14. The second-order valence-electron chi connectivity index (χ2n) is 5.86. The fraction of sp³-hybridized carbons (Fsp3) is 0.200. The minimum atomic E-state index is -0.351. The molecule has 0 aliphatic carbocycles. The molecule has 5 nitrogen and oxygen atoms in total. The van der Waals surface area contributed by atoms with E-state index >= 15 is 0 Å². The van der Waals surface area contributed by atoms with E-state index in [-0.39, 0.29) is 17.1 Å². The first-order chi connectivity index (χ1) is 12.0. The summed E-state index contributed by atoms with van der Waals surface area (Å²) >= 11 is 0. The van der Waals surface area contributed by atoms with Crippen LogP contribution in [0.15, 0.2) is 63.8 Å². The number of rotatable bonds is 5. The minimum absolute atomic E-state index is 0.0294. The first kappa shape index (κ1) is 16.8. The molecular formula is C20H19NO4. The molecule has 2 aromatic carbocycles. The third-order valence-electron chi connectivity index (χ3n) is 3.88. The zero-order valence-electron chi connectivity index (χ0n) is 14.2.